The molecular weight excluding hydrogens is 329 g/mol. The van der Waals surface area contributed by atoms with Gasteiger partial charge in [-0.3, -0.25) is 4.68 Å². The fourth-order valence-electron chi connectivity index (χ4n) is 2.36. The van der Waals surface area contributed by atoms with Crippen molar-refractivity contribution in [3.63, 3.8) is 0 Å². The van der Waals surface area contributed by atoms with Crippen LogP contribution in [0.25, 0.3) is 0 Å². The largest absolute Gasteiger partial charge is 0.433 e. The normalized spacial score (nSPS) is 13.4. The van der Waals surface area contributed by atoms with Crippen LogP contribution in [0.1, 0.15) is 41.2 Å². The number of aryl methyl sites for hydroxylation is 2. The second kappa shape index (κ2) is 6.49. The molecule has 0 saturated heterocycles. The van der Waals surface area contributed by atoms with Gasteiger partial charge in [0.1, 0.15) is 10.8 Å². The van der Waals surface area contributed by atoms with Crippen molar-refractivity contribution in [3.05, 3.63) is 45.5 Å². The highest BCUT2D eigenvalue weighted by Gasteiger charge is 2.33. The van der Waals surface area contributed by atoms with Crippen molar-refractivity contribution in [1.82, 2.24) is 20.1 Å². The molecule has 126 valence electrons. The van der Waals surface area contributed by atoms with Crippen LogP contribution in [-0.4, -0.2) is 14.8 Å². The van der Waals surface area contributed by atoms with Gasteiger partial charge in [0.05, 0.1) is 5.69 Å². The first kappa shape index (κ1) is 17.7. The zero-order valence-corrected chi connectivity index (χ0v) is 14.0. The molecule has 0 bridgehead atoms. The molecule has 1 N–H and O–H groups in total. The average molecular weight is 347 g/mol. The van der Waals surface area contributed by atoms with Gasteiger partial charge in [0, 0.05) is 36.5 Å². The molecule has 0 aromatic carbocycles. The first-order chi connectivity index (χ1) is 10.6. The molecule has 0 spiro atoms. The molecule has 2 rings (SSSR count). The summed E-state index contributed by atoms with van der Waals surface area (Å²) in [5.41, 5.74) is 2.56. The van der Waals surface area contributed by atoms with Crippen molar-refractivity contribution in [2.24, 2.45) is 7.05 Å². The molecule has 23 heavy (non-hydrogen) atoms. The number of halogens is 4. The lowest BCUT2D eigenvalue weighted by Crippen LogP contribution is -2.20. The third-order valence-corrected chi connectivity index (χ3v) is 4.18. The van der Waals surface area contributed by atoms with E-state index in [0.29, 0.717) is 12.1 Å². The van der Waals surface area contributed by atoms with Crippen molar-refractivity contribution >= 4 is 11.6 Å². The average Bonchev–Trinajstić information content (AvgIpc) is 2.68. The van der Waals surface area contributed by atoms with Crippen LogP contribution < -0.4 is 5.32 Å². The number of aromatic nitrogens is 3. The molecule has 0 aliphatic heterocycles. The van der Waals surface area contributed by atoms with Gasteiger partial charge < -0.3 is 5.32 Å². The Balaban J connectivity index is 2.13. The van der Waals surface area contributed by atoms with E-state index in [1.54, 1.807) is 4.68 Å². The molecule has 0 amide bonds. The maximum absolute atomic E-state index is 12.6. The van der Waals surface area contributed by atoms with E-state index in [-0.39, 0.29) is 11.2 Å². The van der Waals surface area contributed by atoms with Crippen molar-refractivity contribution in [1.29, 1.82) is 0 Å². The summed E-state index contributed by atoms with van der Waals surface area (Å²) in [6.45, 7) is 6.26. The Morgan fingerprint density at radius 3 is 2.43 bits per heavy atom. The Morgan fingerprint density at radius 2 is 1.96 bits per heavy atom. The van der Waals surface area contributed by atoms with Crippen LogP contribution in [-0.2, 0) is 19.8 Å². The Morgan fingerprint density at radius 1 is 1.30 bits per heavy atom. The lowest BCUT2D eigenvalue weighted by atomic mass is 10.1. The van der Waals surface area contributed by atoms with Gasteiger partial charge in [0.15, 0.2) is 0 Å². The van der Waals surface area contributed by atoms with Gasteiger partial charge in [-0.25, -0.2) is 4.98 Å². The minimum Gasteiger partial charge on any atom is -0.306 e. The summed E-state index contributed by atoms with van der Waals surface area (Å²) in [7, 11) is 1.87. The van der Waals surface area contributed by atoms with Crippen LogP contribution in [0.5, 0.6) is 0 Å². The SMILES string of the molecule is Cc1nn(C)c(C)c1CN[C@@H](C)c1ccc(C(F)(F)F)nc1Cl. The predicted octanol–water partition coefficient (Wildman–Crippen LogP) is 3.95. The Labute approximate surface area is 137 Å². The van der Waals surface area contributed by atoms with E-state index in [1.807, 2.05) is 27.8 Å². The maximum atomic E-state index is 12.6. The molecule has 1 atom stereocenters. The monoisotopic (exact) mass is 346 g/mol. The van der Waals surface area contributed by atoms with Crippen LogP contribution >= 0.6 is 11.6 Å². The summed E-state index contributed by atoms with van der Waals surface area (Å²) in [5, 5.41) is 7.44. The lowest BCUT2D eigenvalue weighted by molar-refractivity contribution is -0.141. The summed E-state index contributed by atoms with van der Waals surface area (Å²) >= 11 is 5.91. The lowest BCUT2D eigenvalue weighted by Gasteiger charge is -2.16. The summed E-state index contributed by atoms with van der Waals surface area (Å²) in [4.78, 5) is 3.44. The molecule has 8 heteroatoms. The van der Waals surface area contributed by atoms with E-state index in [9.17, 15) is 13.2 Å². The summed E-state index contributed by atoms with van der Waals surface area (Å²) in [6.07, 6.45) is -4.50. The number of pyridine rings is 1. The standard InChI is InChI=1S/C15H18ClF3N4/c1-8(20-7-12-9(2)22-23(4)10(12)3)11-5-6-13(15(17,18)19)21-14(11)16/h5-6,8,20H,7H2,1-4H3/t8-/m0/s1. The molecule has 2 heterocycles. The van der Waals surface area contributed by atoms with E-state index < -0.39 is 11.9 Å². The Kier molecular flexibility index (Phi) is 5.01. The van der Waals surface area contributed by atoms with Gasteiger partial charge in [-0.2, -0.15) is 18.3 Å². The van der Waals surface area contributed by atoms with Gasteiger partial charge >= 0.3 is 6.18 Å². The number of rotatable bonds is 4. The fourth-order valence-corrected chi connectivity index (χ4v) is 2.68. The number of hydrogen-bond donors (Lipinski definition) is 1. The van der Waals surface area contributed by atoms with Crippen LogP contribution in [0.2, 0.25) is 5.15 Å². The summed E-state index contributed by atoms with van der Waals surface area (Å²) in [6, 6.07) is 2.06. The van der Waals surface area contributed by atoms with Crippen molar-refractivity contribution in [3.8, 4) is 0 Å². The third kappa shape index (κ3) is 3.84. The van der Waals surface area contributed by atoms with Crippen molar-refractivity contribution in [2.45, 2.75) is 39.5 Å². The molecule has 0 saturated carbocycles. The summed E-state index contributed by atoms with van der Waals surface area (Å²) < 4.78 is 39.6. The number of hydrogen-bond acceptors (Lipinski definition) is 3. The predicted molar refractivity (Wildman–Crippen MR) is 82.2 cm³/mol. The number of nitrogens with zero attached hydrogens (tertiary/aromatic N) is 3. The number of nitrogens with one attached hydrogen (secondary N) is 1. The molecule has 0 fully saturated rings. The highest BCUT2D eigenvalue weighted by atomic mass is 35.5. The quantitative estimate of drug-likeness (QED) is 0.852. The van der Waals surface area contributed by atoms with E-state index in [1.165, 1.54) is 6.07 Å². The van der Waals surface area contributed by atoms with Crippen LogP contribution in [0, 0.1) is 13.8 Å². The fraction of sp³-hybridized carbons (Fsp3) is 0.467. The van der Waals surface area contributed by atoms with Gasteiger partial charge in [-0.1, -0.05) is 17.7 Å². The van der Waals surface area contributed by atoms with Gasteiger partial charge in [-0.05, 0) is 26.8 Å². The van der Waals surface area contributed by atoms with Crippen molar-refractivity contribution in [2.75, 3.05) is 0 Å². The second-order valence-corrected chi connectivity index (χ2v) is 5.81. The van der Waals surface area contributed by atoms with E-state index >= 15 is 0 Å². The van der Waals surface area contributed by atoms with Crippen LogP contribution in [0.3, 0.4) is 0 Å². The second-order valence-electron chi connectivity index (χ2n) is 5.45. The van der Waals surface area contributed by atoms with Crippen molar-refractivity contribution < 1.29 is 13.2 Å². The molecular formula is C15H18ClF3N4. The molecule has 0 aliphatic rings. The number of alkyl halides is 3. The molecule has 2 aromatic heterocycles. The molecule has 0 unspecified atom stereocenters. The topological polar surface area (TPSA) is 42.7 Å². The van der Waals surface area contributed by atoms with E-state index in [4.69, 9.17) is 11.6 Å². The summed E-state index contributed by atoms with van der Waals surface area (Å²) in [5.74, 6) is 0. The van der Waals surface area contributed by atoms with E-state index in [2.05, 4.69) is 15.4 Å². The maximum Gasteiger partial charge on any atom is 0.433 e. The minimum absolute atomic E-state index is 0.139. The van der Waals surface area contributed by atoms with Crippen LogP contribution in [0.15, 0.2) is 12.1 Å². The highest BCUT2D eigenvalue weighted by molar-refractivity contribution is 6.30. The van der Waals surface area contributed by atoms with Gasteiger partial charge in [0.25, 0.3) is 0 Å². The highest BCUT2D eigenvalue weighted by Crippen LogP contribution is 2.31. The smallest absolute Gasteiger partial charge is 0.306 e. The molecule has 2 aromatic rings. The first-order valence-electron chi connectivity index (χ1n) is 7.07. The molecule has 4 nitrogen and oxygen atoms in total. The van der Waals surface area contributed by atoms with Gasteiger partial charge in [-0.15, -0.1) is 0 Å². The zero-order chi connectivity index (χ0) is 17.4. The first-order valence-corrected chi connectivity index (χ1v) is 7.45. The zero-order valence-electron chi connectivity index (χ0n) is 13.3. The third-order valence-electron chi connectivity index (χ3n) is 3.88. The van der Waals surface area contributed by atoms with E-state index in [0.717, 1.165) is 23.0 Å². The van der Waals surface area contributed by atoms with Gasteiger partial charge in [0.2, 0.25) is 0 Å². The Hall–Kier alpha value is -1.60. The minimum atomic E-state index is -4.50. The Bertz CT molecular complexity index is 709. The molecule has 0 aliphatic carbocycles. The van der Waals surface area contributed by atoms with Crippen LogP contribution in [0.4, 0.5) is 13.2 Å². The molecule has 0 radical (unpaired) electrons.